The Morgan fingerprint density at radius 3 is 2.39 bits per heavy atom. The first-order valence-electron chi connectivity index (χ1n) is 7.33. The molecule has 0 heterocycles. The number of nitriles is 1. The summed E-state index contributed by atoms with van der Waals surface area (Å²) >= 11 is 0. The zero-order chi connectivity index (χ0) is 16.5. The number of hydrogen-bond acceptors (Lipinski definition) is 4. The summed E-state index contributed by atoms with van der Waals surface area (Å²) in [4.78, 5) is 0. The Bertz CT molecular complexity index is 700. The van der Waals surface area contributed by atoms with E-state index in [-0.39, 0.29) is 0 Å². The third kappa shape index (κ3) is 4.79. The van der Waals surface area contributed by atoms with E-state index < -0.39 is 0 Å². The zero-order valence-electron chi connectivity index (χ0n) is 13.3. The van der Waals surface area contributed by atoms with E-state index in [1.165, 1.54) is 0 Å². The topological polar surface area (TPSA) is 51.5 Å². The van der Waals surface area contributed by atoms with Gasteiger partial charge in [0.25, 0.3) is 0 Å². The van der Waals surface area contributed by atoms with Crippen molar-refractivity contribution in [2.24, 2.45) is 0 Å². The number of ether oxygens (including phenoxy) is 3. The lowest BCUT2D eigenvalue weighted by molar-refractivity contribution is 0.211. The maximum Gasteiger partial charge on any atom is 0.161 e. The molecule has 0 saturated carbocycles. The Hall–Kier alpha value is -2.93. The van der Waals surface area contributed by atoms with E-state index in [0.29, 0.717) is 36.0 Å². The molecule has 0 aromatic heterocycles. The van der Waals surface area contributed by atoms with Gasteiger partial charge in [0.05, 0.1) is 18.7 Å². The molecule has 0 unspecified atom stereocenters. The maximum absolute atomic E-state index is 8.74. The Labute approximate surface area is 136 Å². The molecule has 2 aromatic rings. The summed E-state index contributed by atoms with van der Waals surface area (Å²) in [6.07, 6.45) is 3.97. The van der Waals surface area contributed by atoms with Gasteiger partial charge >= 0.3 is 0 Å². The molecule has 0 amide bonds. The van der Waals surface area contributed by atoms with Crippen LogP contribution in [0.3, 0.4) is 0 Å². The first kappa shape index (κ1) is 16.4. The van der Waals surface area contributed by atoms with Crippen molar-refractivity contribution in [1.82, 2.24) is 0 Å². The smallest absolute Gasteiger partial charge is 0.161 e. The predicted molar refractivity (Wildman–Crippen MR) is 89.8 cm³/mol. The molecule has 0 aliphatic rings. The van der Waals surface area contributed by atoms with Crippen LogP contribution in [-0.2, 0) is 0 Å². The van der Waals surface area contributed by atoms with E-state index >= 15 is 0 Å². The molecule has 0 fully saturated rings. The highest BCUT2D eigenvalue weighted by Crippen LogP contribution is 2.28. The van der Waals surface area contributed by atoms with E-state index in [4.69, 9.17) is 19.5 Å². The van der Waals surface area contributed by atoms with Gasteiger partial charge in [-0.2, -0.15) is 5.26 Å². The molecule has 0 N–H and O–H groups in total. The quantitative estimate of drug-likeness (QED) is 0.724. The van der Waals surface area contributed by atoms with Gasteiger partial charge in [-0.05, 0) is 48.9 Å². The predicted octanol–water partition coefficient (Wildman–Crippen LogP) is 4.06. The van der Waals surface area contributed by atoms with Crippen LogP contribution in [0.1, 0.15) is 18.1 Å². The van der Waals surface area contributed by atoms with Gasteiger partial charge in [-0.1, -0.05) is 18.2 Å². The highest BCUT2D eigenvalue weighted by molar-refractivity contribution is 5.55. The molecular formula is C19H19NO3. The largest absolute Gasteiger partial charge is 0.493 e. The number of nitrogens with zero attached hydrogens (tertiary/aromatic N) is 1. The van der Waals surface area contributed by atoms with Gasteiger partial charge in [-0.25, -0.2) is 0 Å². The Morgan fingerprint density at radius 1 is 1.00 bits per heavy atom. The second-order valence-corrected chi connectivity index (χ2v) is 4.74. The van der Waals surface area contributed by atoms with Gasteiger partial charge < -0.3 is 14.2 Å². The van der Waals surface area contributed by atoms with Crippen molar-refractivity contribution in [1.29, 1.82) is 5.26 Å². The summed E-state index contributed by atoms with van der Waals surface area (Å²) in [6, 6.07) is 14.8. The zero-order valence-corrected chi connectivity index (χ0v) is 13.3. The molecule has 2 aromatic carbocycles. The Balaban J connectivity index is 1.87. The molecule has 0 saturated heterocycles. The van der Waals surface area contributed by atoms with Crippen LogP contribution in [0.2, 0.25) is 0 Å². The summed E-state index contributed by atoms with van der Waals surface area (Å²) in [5, 5.41) is 8.74. The fraction of sp³-hybridized carbons (Fsp3) is 0.211. The highest BCUT2D eigenvalue weighted by Gasteiger charge is 2.05. The lowest BCUT2D eigenvalue weighted by atomic mass is 10.2. The van der Waals surface area contributed by atoms with Crippen molar-refractivity contribution < 1.29 is 14.2 Å². The molecule has 0 bridgehead atoms. The van der Waals surface area contributed by atoms with E-state index in [9.17, 15) is 0 Å². The van der Waals surface area contributed by atoms with Crippen LogP contribution in [0.5, 0.6) is 17.2 Å². The van der Waals surface area contributed by atoms with Crippen LogP contribution in [-0.4, -0.2) is 20.3 Å². The number of methoxy groups -OCH3 is 1. The monoisotopic (exact) mass is 309 g/mol. The van der Waals surface area contributed by atoms with E-state index in [1.54, 1.807) is 31.4 Å². The maximum atomic E-state index is 8.74. The summed E-state index contributed by atoms with van der Waals surface area (Å²) in [5.74, 6) is 2.09. The van der Waals surface area contributed by atoms with Gasteiger partial charge in [0.15, 0.2) is 11.5 Å². The molecule has 23 heavy (non-hydrogen) atoms. The van der Waals surface area contributed by atoms with Crippen LogP contribution < -0.4 is 14.2 Å². The number of allylic oxidation sites excluding steroid dienone is 1. The first-order chi connectivity index (χ1) is 11.3. The Kier molecular flexibility index (Phi) is 6.07. The molecule has 4 heteroatoms. The van der Waals surface area contributed by atoms with Crippen molar-refractivity contribution in [3.05, 3.63) is 59.7 Å². The van der Waals surface area contributed by atoms with Crippen LogP contribution in [0.25, 0.3) is 6.08 Å². The lowest BCUT2D eigenvalue weighted by Crippen LogP contribution is -2.09. The summed E-state index contributed by atoms with van der Waals surface area (Å²) in [5.41, 5.74) is 1.67. The van der Waals surface area contributed by atoms with Gasteiger partial charge in [0, 0.05) is 0 Å². The second-order valence-electron chi connectivity index (χ2n) is 4.74. The number of rotatable bonds is 7. The molecule has 0 spiro atoms. The van der Waals surface area contributed by atoms with Crippen molar-refractivity contribution in [3.8, 4) is 23.3 Å². The third-order valence-electron chi connectivity index (χ3n) is 3.14. The van der Waals surface area contributed by atoms with Gasteiger partial charge in [-0.15, -0.1) is 0 Å². The molecule has 118 valence electrons. The minimum absolute atomic E-state index is 0.402. The van der Waals surface area contributed by atoms with Gasteiger partial charge in [0.1, 0.15) is 19.0 Å². The first-order valence-corrected chi connectivity index (χ1v) is 7.33. The summed E-state index contributed by atoms with van der Waals surface area (Å²) < 4.78 is 16.6. The standard InChI is InChI=1S/C19H19NO3/c1-3-4-15-7-10-18(19(13-15)21-2)23-12-11-22-17-8-5-16(14-20)6-9-17/h3-10,13H,11-12H2,1-2H3. The molecule has 0 radical (unpaired) electrons. The average molecular weight is 309 g/mol. The lowest BCUT2D eigenvalue weighted by Gasteiger charge is -2.12. The van der Waals surface area contributed by atoms with Crippen molar-refractivity contribution in [2.75, 3.05) is 20.3 Å². The fourth-order valence-corrected chi connectivity index (χ4v) is 2.04. The normalized spacial score (nSPS) is 10.3. The van der Waals surface area contributed by atoms with E-state index in [2.05, 4.69) is 6.07 Å². The van der Waals surface area contributed by atoms with Crippen LogP contribution >= 0.6 is 0 Å². The molecule has 0 aliphatic carbocycles. The summed E-state index contributed by atoms with van der Waals surface area (Å²) in [7, 11) is 1.62. The minimum atomic E-state index is 0.402. The molecular weight excluding hydrogens is 290 g/mol. The Morgan fingerprint density at radius 2 is 1.74 bits per heavy atom. The molecule has 0 atom stereocenters. The van der Waals surface area contributed by atoms with E-state index in [0.717, 1.165) is 5.56 Å². The van der Waals surface area contributed by atoms with Crippen molar-refractivity contribution >= 4 is 6.08 Å². The van der Waals surface area contributed by atoms with Crippen molar-refractivity contribution in [3.63, 3.8) is 0 Å². The van der Waals surface area contributed by atoms with Gasteiger partial charge in [-0.3, -0.25) is 0 Å². The van der Waals surface area contributed by atoms with Crippen LogP contribution in [0.4, 0.5) is 0 Å². The SMILES string of the molecule is CC=Cc1ccc(OCCOc2ccc(C#N)cc2)c(OC)c1. The van der Waals surface area contributed by atoms with E-state index in [1.807, 2.05) is 37.3 Å². The minimum Gasteiger partial charge on any atom is -0.493 e. The number of benzene rings is 2. The average Bonchev–Trinajstić information content (AvgIpc) is 2.60. The third-order valence-corrected chi connectivity index (χ3v) is 3.14. The fourth-order valence-electron chi connectivity index (χ4n) is 2.04. The van der Waals surface area contributed by atoms with Crippen LogP contribution in [0.15, 0.2) is 48.5 Å². The highest BCUT2D eigenvalue weighted by atomic mass is 16.5. The second kappa shape index (κ2) is 8.50. The van der Waals surface area contributed by atoms with Gasteiger partial charge in [0.2, 0.25) is 0 Å². The van der Waals surface area contributed by atoms with Crippen LogP contribution in [0, 0.1) is 11.3 Å². The molecule has 4 nitrogen and oxygen atoms in total. The summed E-state index contributed by atoms with van der Waals surface area (Å²) in [6.45, 7) is 2.78. The number of hydrogen-bond donors (Lipinski definition) is 0. The molecule has 0 aliphatic heterocycles. The molecule has 2 rings (SSSR count). The van der Waals surface area contributed by atoms with Crippen molar-refractivity contribution in [2.45, 2.75) is 6.92 Å².